The summed E-state index contributed by atoms with van der Waals surface area (Å²) in [5, 5.41) is 0. The lowest BCUT2D eigenvalue weighted by Crippen LogP contribution is -2.30. The second-order valence-electron chi connectivity index (χ2n) is 5.75. The van der Waals surface area contributed by atoms with Crippen LogP contribution in [0.3, 0.4) is 0 Å². The molecule has 0 spiro atoms. The van der Waals surface area contributed by atoms with Crippen LogP contribution in [0.4, 0.5) is 0 Å². The molecule has 3 nitrogen and oxygen atoms in total. The lowest BCUT2D eigenvalue weighted by Gasteiger charge is -2.22. The number of aryl methyl sites for hydroxylation is 2. The highest BCUT2D eigenvalue weighted by atomic mass is 32.2. The zero-order valence-corrected chi connectivity index (χ0v) is 12.8. The molecule has 1 aromatic rings. The van der Waals surface area contributed by atoms with Crippen molar-refractivity contribution < 1.29 is 8.42 Å². The highest BCUT2D eigenvalue weighted by molar-refractivity contribution is 7.90. The van der Waals surface area contributed by atoms with Gasteiger partial charge >= 0.3 is 0 Å². The second kappa shape index (κ2) is 5.63. The van der Waals surface area contributed by atoms with Gasteiger partial charge in [-0.05, 0) is 43.4 Å². The molecule has 1 saturated carbocycles. The minimum atomic E-state index is -2.87. The molecular weight excluding hydrogens is 258 g/mol. The summed E-state index contributed by atoms with van der Waals surface area (Å²) >= 11 is 0. The first-order chi connectivity index (χ1) is 8.85. The van der Waals surface area contributed by atoms with Crippen molar-refractivity contribution in [2.24, 2.45) is 0 Å². The van der Waals surface area contributed by atoms with E-state index in [4.69, 9.17) is 0 Å². The van der Waals surface area contributed by atoms with E-state index in [0.717, 1.165) is 6.54 Å². The Bertz CT molecular complexity index is 547. The van der Waals surface area contributed by atoms with E-state index in [0.29, 0.717) is 12.6 Å². The molecule has 106 valence electrons. The first-order valence-electron chi connectivity index (χ1n) is 6.83. The minimum absolute atomic E-state index is 0.258. The maximum absolute atomic E-state index is 11.3. The van der Waals surface area contributed by atoms with Crippen molar-refractivity contribution in [3.8, 4) is 0 Å². The van der Waals surface area contributed by atoms with Crippen LogP contribution in [0.15, 0.2) is 18.2 Å². The normalized spacial score (nSPS) is 16.0. The SMILES string of the molecule is Cc1ccc(CN(CCS(C)(=O)=O)C2CC2)cc1C. The van der Waals surface area contributed by atoms with Crippen LogP contribution in [0.25, 0.3) is 0 Å². The summed E-state index contributed by atoms with van der Waals surface area (Å²) in [5.74, 6) is 0.258. The molecule has 0 radical (unpaired) electrons. The van der Waals surface area contributed by atoms with Crippen molar-refractivity contribution in [2.45, 2.75) is 39.3 Å². The fourth-order valence-corrected chi connectivity index (χ4v) is 2.82. The molecule has 1 fully saturated rings. The summed E-state index contributed by atoms with van der Waals surface area (Å²) in [6, 6.07) is 7.10. The maximum atomic E-state index is 11.3. The molecule has 0 unspecified atom stereocenters. The molecule has 0 saturated heterocycles. The topological polar surface area (TPSA) is 37.4 Å². The van der Waals surface area contributed by atoms with Crippen molar-refractivity contribution in [3.05, 3.63) is 34.9 Å². The zero-order valence-electron chi connectivity index (χ0n) is 12.0. The monoisotopic (exact) mass is 281 g/mol. The van der Waals surface area contributed by atoms with Crippen molar-refractivity contribution in [1.82, 2.24) is 4.90 Å². The van der Waals surface area contributed by atoms with Gasteiger partial charge in [0.25, 0.3) is 0 Å². The molecule has 0 bridgehead atoms. The van der Waals surface area contributed by atoms with Crippen LogP contribution in [-0.2, 0) is 16.4 Å². The molecule has 0 N–H and O–H groups in total. The molecular formula is C15H23NO2S. The Kier molecular flexibility index (Phi) is 4.31. The molecule has 0 amide bonds. The lowest BCUT2D eigenvalue weighted by atomic mass is 10.1. The smallest absolute Gasteiger partial charge is 0.148 e. The Hall–Kier alpha value is -0.870. The minimum Gasteiger partial charge on any atom is -0.295 e. The molecule has 2 rings (SSSR count). The van der Waals surface area contributed by atoms with Crippen LogP contribution in [0.1, 0.15) is 29.5 Å². The molecule has 1 aliphatic rings. The van der Waals surface area contributed by atoms with Crippen LogP contribution < -0.4 is 0 Å². The van der Waals surface area contributed by atoms with Gasteiger partial charge in [-0.1, -0.05) is 18.2 Å². The van der Waals surface area contributed by atoms with E-state index in [1.165, 1.54) is 35.8 Å². The number of nitrogens with zero attached hydrogens (tertiary/aromatic N) is 1. The first-order valence-corrected chi connectivity index (χ1v) is 8.89. The summed E-state index contributed by atoms with van der Waals surface area (Å²) in [7, 11) is -2.87. The largest absolute Gasteiger partial charge is 0.295 e. The Labute approximate surface area is 116 Å². The van der Waals surface area contributed by atoms with Crippen molar-refractivity contribution in [2.75, 3.05) is 18.6 Å². The number of hydrogen-bond acceptors (Lipinski definition) is 3. The molecule has 0 aliphatic heterocycles. The standard InChI is InChI=1S/C15H23NO2S/c1-12-4-5-14(10-13(12)2)11-16(15-6-7-15)8-9-19(3,17)18/h4-5,10,15H,6-9,11H2,1-3H3. The number of benzene rings is 1. The fourth-order valence-electron chi connectivity index (χ4n) is 2.25. The average molecular weight is 281 g/mol. The van der Waals surface area contributed by atoms with Crippen LogP contribution in [0.5, 0.6) is 0 Å². The molecule has 1 aliphatic carbocycles. The summed E-state index contributed by atoms with van der Waals surface area (Å²) in [6.07, 6.45) is 3.72. The number of hydrogen-bond donors (Lipinski definition) is 0. The summed E-state index contributed by atoms with van der Waals surface area (Å²) in [4.78, 5) is 2.31. The van der Waals surface area contributed by atoms with Crippen LogP contribution >= 0.6 is 0 Å². The zero-order chi connectivity index (χ0) is 14.0. The third-order valence-corrected chi connectivity index (χ3v) is 4.69. The van der Waals surface area contributed by atoms with Crippen LogP contribution in [-0.4, -0.2) is 37.9 Å². The second-order valence-corrected chi connectivity index (χ2v) is 8.01. The van der Waals surface area contributed by atoms with E-state index in [9.17, 15) is 8.42 Å². The molecule has 0 heterocycles. The number of sulfone groups is 1. The van der Waals surface area contributed by atoms with Gasteiger partial charge in [-0.15, -0.1) is 0 Å². The van der Waals surface area contributed by atoms with E-state index < -0.39 is 9.84 Å². The molecule has 19 heavy (non-hydrogen) atoms. The first kappa shape index (κ1) is 14.5. The predicted molar refractivity (Wildman–Crippen MR) is 79.1 cm³/mol. The Morgan fingerprint density at radius 2 is 1.89 bits per heavy atom. The summed E-state index contributed by atoms with van der Waals surface area (Å²) in [6.45, 7) is 5.75. The van der Waals surface area contributed by atoms with Gasteiger partial charge in [0.15, 0.2) is 0 Å². The maximum Gasteiger partial charge on any atom is 0.148 e. The molecule has 0 aromatic heterocycles. The van der Waals surface area contributed by atoms with Gasteiger partial charge in [-0.3, -0.25) is 4.90 Å². The van der Waals surface area contributed by atoms with Gasteiger partial charge in [-0.2, -0.15) is 0 Å². The van der Waals surface area contributed by atoms with E-state index in [2.05, 4.69) is 36.9 Å². The average Bonchev–Trinajstić information content (AvgIpc) is 3.12. The highest BCUT2D eigenvalue weighted by Gasteiger charge is 2.29. The fraction of sp³-hybridized carbons (Fsp3) is 0.600. The van der Waals surface area contributed by atoms with Gasteiger partial charge in [0.2, 0.25) is 0 Å². The van der Waals surface area contributed by atoms with E-state index in [1.54, 1.807) is 0 Å². The van der Waals surface area contributed by atoms with Crippen molar-refractivity contribution in [1.29, 1.82) is 0 Å². The van der Waals surface area contributed by atoms with Gasteiger partial charge in [0, 0.05) is 25.4 Å². The highest BCUT2D eigenvalue weighted by Crippen LogP contribution is 2.28. The Morgan fingerprint density at radius 1 is 1.21 bits per heavy atom. The van der Waals surface area contributed by atoms with E-state index in [-0.39, 0.29) is 5.75 Å². The molecule has 0 atom stereocenters. The molecule has 4 heteroatoms. The predicted octanol–water partition coefficient (Wildman–Crippen LogP) is 2.31. The van der Waals surface area contributed by atoms with Crippen LogP contribution in [0.2, 0.25) is 0 Å². The summed E-state index contributed by atoms with van der Waals surface area (Å²) in [5.41, 5.74) is 3.89. The third-order valence-electron chi connectivity index (χ3n) is 3.77. The van der Waals surface area contributed by atoms with Gasteiger partial charge < -0.3 is 0 Å². The number of rotatable bonds is 6. The quantitative estimate of drug-likeness (QED) is 0.803. The van der Waals surface area contributed by atoms with E-state index >= 15 is 0 Å². The van der Waals surface area contributed by atoms with Gasteiger partial charge in [0.1, 0.15) is 9.84 Å². The lowest BCUT2D eigenvalue weighted by molar-refractivity contribution is 0.270. The van der Waals surface area contributed by atoms with Gasteiger partial charge in [0.05, 0.1) is 5.75 Å². The van der Waals surface area contributed by atoms with Crippen LogP contribution in [0, 0.1) is 13.8 Å². The Balaban J connectivity index is 2.02. The summed E-state index contributed by atoms with van der Waals surface area (Å²) < 4.78 is 22.6. The Morgan fingerprint density at radius 3 is 2.42 bits per heavy atom. The molecule has 1 aromatic carbocycles. The third kappa shape index (κ3) is 4.62. The van der Waals surface area contributed by atoms with Crippen molar-refractivity contribution in [3.63, 3.8) is 0 Å². The van der Waals surface area contributed by atoms with E-state index in [1.807, 2.05) is 0 Å². The van der Waals surface area contributed by atoms with Crippen molar-refractivity contribution >= 4 is 9.84 Å². The van der Waals surface area contributed by atoms with Gasteiger partial charge in [-0.25, -0.2) is 8.42 Å².